The number of benzene rings is 1. The second kappa shape index (κ2) is 8.23. The van der Waals surface area contributed by atoms with Gasteiger partial charge in [0.15, 0.2) is 0 Å². The molecule has 0 heterocycles. The summed E-state index contributed by atoms with van der Waals surface area (Å²) in [6.45, 7) is 5.10. The minimum absolute atomic E-state index is 0.0153. The normalized spacial score (nSPS) is 12.2. The highest BCUT2D eigenvalue weighted by Crippen LogP contribution is 2.33. The Kier molecular flexibility index (Phi) is 6.89. The zero-order chi connectivity index (χ0) is 18.5. The number of aliphatic carboxylic acids is 1. The van der Waals surface area contributed by atoms with E-state index in [2.05, 4.69) is 21.2 Å². The molecule has 1 aromatic carbocycles. The average molecular weight is 404 g/mol. The number of methoxy groups -OCH3 is 2. The number of alkyl carbamates (subject to hydrolysis) is 1. The van der Waals surface area contributed by atoms with E-state index < -0.39 is 23.7 Å². The number of carboxylic acids is 1. The first-order chi connectivity index (χ1) is 11.1. The molecule has 7 nitrogen and oxygen atoms in total. The first kappa shape index (κ1) is 20.1. The van der Waals surface area contributed by atoms with Gasteiger partial charge in [0.25, 0.3) is 0 Å². The molecule has 0 aromatic heterocycles. The molecular formula is C16H22BrNO6. The van der Waals surface area contributed by atoms with Crippen LogP contribution in [0.2, 0.25) is 0 Å². The summed E-state index contributed by atoms with van der Waals surface area (Å²) >= 11 is 3.34. The molecule has 2 N–H and O–H groups in total. The monoisotopic (exact) mass is 403 g/mol. The maximum atomic E-state index is 11.8. The topological polar surface area (TPSA) is 94.1 Å². The van der Waals surface area contributed by atoms with Crippen molar-refractivity contribution in [3.8, 4) is 11.5 Å². The zero-order valence-corrected chi connectivity index (χ0v) is 15.9. The maximum absolute atomic E-state index is 11.8. The van der Waals surface area contributed by atoms with Crippen molar-refractivity contribution >= 4 is 28.0 Å². The number of nitrogens with one attached hydrogen (secondary N) is 1. The summed E-state index contributed by atoms with van der Waals surface area (Å²) in [5.41, 5.74) is -0.132. The summed E-state index contributed by atoms with van der Waals surface area (Å²) in [4.78, 5) is 23.3. The molecule has 0 fully saturated rings. The van der Waals surface area contributed by atoms with Crippen LogP contribution >= 0.6 is 15.9 Å². The number of hydrogen-bond donors (Lipinski definition) is 2. The molecule has 134 valence electrons. The Hall–Kier alpha value is -1.96. The van der Waals surface area contributed by atoms with E-state index in [1.165, 1.54) is 14.2 Å². The standard InChI is InChI=1S/C16H22BrNO6/c1-16(2,3)24-15(21)18-11(14(19)20)6-9-7-13(23-5)10(17)8-12(9)22-4/h7-8,11H,6H2,1-5H3,(H,18,21)(H,19,20). The predicted molar refractivity (Wildman–Crippen MR) is 91.7 cm³/mol. The lowest BCUT2D eigenvalue weighted by Gasteiger charge is -2.22. The van der Waals surface area contributed by atoms with Crippen LogP contribution in [0.5, 0.6) is 11.5 Å². The Labute approximate surface area is 149 Å². The summed E-state index contributed by atoms with van der Waals surface area (Å²) in [6, 6.07) is 2.18. The highest BCUT2D eigenvalue weighted by atomic mass is 79.9. The third kappa shape index (κ3) is 5.92. The van der Waals surface area contributed by atoms with Crippen molar-refractivity contribution in [3.05, 3.63) is 22.2 Å². The van der Waals surface area contributed by atoms with Crippen LogP contribution in [0.25, 0.3) is 0 Å². The Bertz CT molecular complexity index is 611. The number of carbonyl (C=O) groups is 2. The molecule has 0 aliphatic carbocycles. The highest BCUT2D eigenvalue weighted by molar-refractivity contribution is 9.10. The van der Waals surface area contributed by atoms with Crippen molar-refractivity contribution in [1.82, 2.24) is 5.32 Å². The summed E-state index contributed by atoms with van der Waals surface area (Å²) in [5, 5.41) is 11.7. The predicted octanol–water partition coefficient (Wildman–Crippen LogP) is 2.99. The summed E-state index contributed by atoms with van der Waals surface area (Å²) in [5.74, 6) is -0.156. The second-order valence-electron chi connectivity index (χ2n) is 6.04. The lowest BCUT2D eigenvalue weighted by atomic mass is 10.0. The van der Waals surface area contributed by atoms with Crippen LogP contribution in [0.15, 0.2) is 16.6 Å². The number of amides is 1. The molecule has 1 unspecified atom stereocenters. The molecule has 0 saturated carbocycles. The molecule has 1 rings (SSSR count). The molecule has 1 atom stereocenters. The van der Waals surface area contributed by atoms with Crippen molar-refractivity contribution in [2.24, 2.45) is 0 Å². The number of hydrogen-bond acceptors (Lipinski definition) is 5. The smallest absolute Gasteiger partial charge is 0.408 e. The van der Waals surface area contributed by atoms with Crippen LogP contribution in [-0.4, -0.2) is 43.0 Å². The van der Waals surface area contributed by atoms with Gasteiger partial charge in [0.1, 0.15) is 23.1 Å². The Balaban J connectivity index is 3.00. The van der Waals surface area contributed by atoms with Gasteiger partial charge in [-0.2, -0.15) is 0 Å². The highest BCUT2D eigenvalue weighted by Gasteiger charge is 2.25. The molecule has 0 spiro atoms. The molecular weight excluding hydrogens is 382 g/mol. The quantitative estimate of drug-likeness (QED) is 0.757. The molecule has 1 aromatic rings. The molecule has 0 saturated heterocycles. The van der Waals surface area contributed by atoms with Gasteiger partial charge in [-0.25, -0.2) is 9.59 Å². The van der Waals surface area contributed by atoms with Gasteiger partial charge in [-0.3, -0.25) is 0 Å². The number of rotatable bonds is 6. The van der Waals surface area contributed by atoms with E-state index in [1.54, 1.807) is 32.9 Å². The van der Waals surface area contributed by atoms with Gasteiger partial charge in [0.2, 0.25) is 0 Å². The molecule has 0 radical (unpaired) electrons. The van der Waals surface area contributed by atoms with Crippen LogP contribution < -0.4 is 14.8 Å². The van der Waals surface area contributed by atoms with Crippen molar-refractivity contribution in [2.75, 3.05) is 14.2 Å². The fraction of sp³-hybridized carbons (Fsp3) is 0.500. The minimum atomic E-state index is -1.18. The van der Waals surface area contributed by atoms with E-state index in [1.807, 2.05) is 0 Å². The van der Waals surface area contributed by atoms with E-state index in [-0.39, 0.29) is 6.42 Å². The number of ether oxygens (including phenoxy) is 3. The van der Waals surface area contributed by atoms with E-state index >= 15 is 0 Å². The van der Waals surface area contributed by atoms with E-state index in [4.69, 9.17) is 14.2 Å². The van der Waals surface area contributed by atoms with Crippen LogP contribution in [0.1, 0.15) is 26.3 Å². The Morgan fingerprint density at radius 2 is 1.79 bits per heavy atom. The average Bonchev–Trinajstić information content (AvgIpc) is 2.45. The van der Waals surface area contributed by atoms with Crippen molar-refractivity contribution in [3.63, 3.8) is 0 Å². The van der Waals surface area contributed by atoms with Crippen LogP contribution in [-0.2, 0) is 16.0 Å². The third-order valence-electron chi connectivity index (χ3n) is 2.97. The SMILES string of the molecule is COc1cc(CC(NC(=O)OC(C)(C)C)C(=O)O)c(OC)cc1Br. The largest absolute Gasteiger partial charge is 0.496 e. The lowest BCUT2D eigenvalue weighted by Crippen LogP contribution is -2.44. The number of halogens is 1. The Morgan fingerprint density at radius 1 is 1.21 bits per heavy atom. The lowest BCUT2D eigenvalue weighted by molar-refractivity contribution is -0.139. The van der Waals surface area contributed by atoms with Crippen molar-refractivity contribution in [1.29, 1.82) is 0 Å². The van der Waals surface area contributed by atoms with Gasteiger partial charge in [-0.05, 0) is 48.8 Å². The molecule has 1 amide bonds. The number of carbonyl (C=O) groups excluding carboxylic acids is 1. The molecule has 8 heteroatoms. The van der Waals surface area contributed by atoms with Gasteiger partial charge in [-0.15, -0.1) is 0 Å². The minimum Gasteiger partial charge on any atom is -0.496 e. The van der Waals surface area contributed by atoms with Crippen molar-refractivity contribution in [2.45, 2.75) is 38.8 Å². The van der Waals surface area contributed by atoms with Crippen LogP contribution in [0.4, 0.5) is 4.79 Å². The van der Waals surface area contributed by atoms with Gasteiger partial charge in [0, 0.05) is 12.0 Å². The number of carboxylic acid groups (broad SMARTS) is 1. The van der Waals surface area contributed by atoms with E-state index in [0.717, 1.165) is 0 Å². The first-order valence-electron chi connectivity index (χ1n) is 7.20. The van der Waals surface area contributed by atoms with Gasteiger partial charge < -0.3 is 24.6 Å². The first-order valence-corrected chi connectivity index (χ1v) is 7.99. The summed E-state index contributed by atoms with van der Waals surface area (Å²) in [7, 11) is 2.98. The fourth-order valence-electron chi connectivity index (χ4n) is 1.95. The molecule has 0 bridgehead atoms. The molecule has 24 heavy (non-hydrogen) atoms. The van der Waals surface area contributed by atoms with Crippen molar-refractivity contribution < 1.29 is 28.9 Å². The summed E-state index contributed by atoms with van der Waals surface area (Å²) < 4.78 is 16.3. The zero-order valence-electron chi connectivity index (χ0n) is 14.3. The van der Waals surface area contributed by atoms with Gasteiger partial charge >= 0.3 is 12.1 Å². The maximum Gasteiger partial charge on any atom is 0.408 e. The second-order valence-corrected chi connectivity index (χ2v) is 6.89. The molecule has 0 aliphatic rings. The molecule has 0 aliphatic heterocycles. The van der Waals surface area contributed by atoms with E-state index in [0.29, 0.717) is 21.5 Å². The van der Waals surface area contributed by atoms with E-state index in [9.17, 15) is 14.7 Å². The Morgan fingerprint density at radius 3 is 2.25 bits per heavy atom. The van der Waals surface area contributed by atoms with Gasteiger partial charge in [0.05, 0.1) is 18.7 Å². The van der Waals surface area contributed by atoms with Gasteiger partial charge in [-0.1, -0.05) is 0 Å². The van der Waals surface area contributed by atoms with Crippen LogP contribution in [0.3, 0.4) is 0 Å². The fourth-order valence-corrected chi connectivity index (χ4v) is 2.44. The third-order valence-corrected chi connectivity index (χ3v) is 3.59. The summed E-state index contributed by atoms with van der Waals surface area (Å²) in [6.07, 6.45) is -0.778. The van der Waals surface area contributed by atoms with Crippen LogP contribution in [0, 0.1) is 0 Å².